The van der Waals surface area contributed by atoms with Crippen molar-refractivity contribution in [2.24, 2.45) is 0 Å². The molecule has 0 atom stereocenters. The highest BCUT2D eigenvalue weighted by molar-refractivity contribution is 7.89. The molecular formula is C22H27ClN2O4S. The molecule has 1 fully saturated rings. The van der Waals surface area contributed by atoms with E-state index in [1.54, 1.807) is 23.1 Å². The Hall–Kier alpha value is -2.09. The number of halogens is 1. The van der Waals surface area contributed by atoms with E-state index in [2.05, 4.69) is 0 Å². The van der Waals surface area contributed by atoms with Gasteiger partial charge in [-0.2, -0.15) is 4.31 Å². The molecule has 2 aromatic carbocycles. The molecule has 0 radical (unpaired) electrons. The fraction of sp³-hybridized carbons (Fsp3) is 0.409. The van der Waals surface area contributed by atoms with Gasteiger partial charge in [-0.25, -0.2) is 8.42 Å². The Labute approximate surface area is 183 Å². The maximum absolute atomic E-state index is 13.4. The largest absolute Gasteiger partial charge is 0.496 e. The van der Waals surface area contributed by atoms with Crippen LogP contribution in [0.3, 0.4) is 0 Å². The smallest absolute Gasteiger partial charge is 0.257 e. The molecule has 3 rings (SSSR count). The standard InChI is InChI=1S/C22H27ClN2O4S/c1-14-12-15(2)17(4)21(16(14)3)30(27,28)25-10-8-24(9-11-25)22(26)19-13-18(23)6-7-20(19)29-5/h6-7,12-13H,8-11H2,1-5H3. The Morgan fingerprint density at radius 1 is 0.967 bits per heavy atom. The van der Waals surface area contributed by atoms with Crippen LogP contribution in [0, 0.1) is 27.7 Å². The van der Waals surface area contributed by atoms with Crippen LogP contribution in [0.5, 0.6) is 5.75 Å². The van der Waals surface area contributed by atoms with E-state index in [0.29, 0.717) is 34.3 Å². The summed E-state index contributed by atoms with van der Waals surface area (Å²) in [5, 5.41) is 0.445. The van der Waals surface area contributed by atoms with Crippen LogP contribution >= 0.6 is 11.6 Å². The van der Waals surface area contributed by atoms with Gasteiger partial charge in [-0.15, -0.1) is 0 Å². The molecule has 0 saturated carbocycles. The molecule has 8 heteroatoms. The highest BCUT2D eigenvalue weighted by Crippen LogP contribution is 2.30. The Bertz CT molecular complexity index is 1060. The van der Waals surface area contributed by atoms with Crippen LogP contribution < -0.4 is 4.74 Å². The number of carbonyl (C=O) groups is 1. The Balaban J connectivity index is 1.83. The number of ether oxygens (including phenoxy) is 1. The normalized spacial score (nSPS) is 15.3. The lowest BCUT2D eigenvalue weighted by Crippen LogP contribution is -2.50. The third-order valence-corrected chi connectivity index (χ3v) is 8.22. The first-order chi connectivity index (χ1) is 14.1. The van der Waals surface area contributed by atoms with Crippen molar-refractivity contribution in [3.8, 4) is 5.75 Å². The second kappa shape index (κ2) is 8.57. The number of aryl methyl sites for hydroxylation is 2. The number of hydrogen-bond acceptors (Lipinski definition) is 4. The fourth-order valence-electron chi connectivity index (χ4n) is 3.85. The number of sulfonamides is 1. The number of amides is 1. The van der Waals surface area contributed by atoms with Crippen LogP contribution in [0.4, 0.5) is 0 Å². The van der Waals surface area contributed by atoms with E-state index >= 15 is 0 Å². The molecule has 1 saturated heterocycles. The SMILES string of the molecule is COc1ccc(Cl)cc1C(=O)N1CCN(S(=O)(=O)c2c(C)c(C)cc(C)c2C)CC1. The van der Waals surface area contributed by atoms with Gasteiger partial charge in [-0.3, -0.25) is 4.79 Å². The summed E-state index contributed by atoms with van der Waals surface area (Å²) in [6.07, 6.45) is 0. The van der Waals surface area contributed by atoms with E-state index in [1.807, 2.05) is 33.8 Å². The monoisotopic (exact) mass is 450 g/mol. The van der Waals surface area contributed by atoms with Crippen molar-refractivity contribution in [2.75, 3.05) is 33.3 Å². The van der Waals surface area contributed by atoms with Crippen molar-refractivity contribution in [1.82, 2.24) is 9.21 Å². The van der Waals surface area contributed by atoms with Crippen molar-refractivity contribution < 1.29 is 17.9 Å². The van der Waals surface area contributed by atoms with Crippen molar-refractivity contribution in [2.45, 2.75) is 32.6 Å². The van der Waals surface area contributed by atoms with E-state index in [4.69, 9.17) is 16.3 Å². The molecule has 6 nitrogen and oxygen atoms in total. The zero-order valence-electron chi connectivity index (χ0n) is 18.0. The predicted octanol–water partition coefficient (Wildman–Crippen LogP) is 3.73. The maximum Gasteiger partial charge on any atom is 0.257 e. The van der Waals surface area contributed by atoms with Crippen LogP contribution in [0.15, 0.2) is 29.2 Å². The van der Waals surface area contributed by atoms with Gasteiger partial charge in [0.1, 0.15) is 5.75 Å². The van der Waals surface area contributed by atoms with Gasteiger partial charge < -0.3 is 9.64 Å². The Kier molecular flexibility index (Phi) is 6.45. The van der Waals surface area contributed by atoms with Crippen LogP contribution in [0.2, 0.25) is 5.02 Å². The molecule has 2 aromatic rings. The summed E-state index contributed by atoms with van der Waals surface area (Å²) in [4.78, 5) is 15.0. The molecule has 0 bridgehead atoms. The lowest BCUT2D eigenvalue weighted by molar-refractivity contribution is 0.0694. The summed E-state index contributed by atoms with van der Waals surface area (Å²) in [6, 6.07) is 6.91. The van der Waals surface area contributed by atoms with Crippen molar-refractivity contribution in [3.05, 3.63) is 57.1 Å². The fourth-order valence-corrected chi connectivity index (χ4v) is 6.02. The lowest BCUT2D eigenvalue weighted by atomic mass is 10.0. The van der Waals surface area contributed by atoms with Gasteiger partial charge in [0.2, 0.25) is 10.0 Å². The summed E-state index contributed by atoms with van der Waals surface area (Å²) >= 11 is 6.05. The molecule has 0 aromatic heterocycles. The Morgan fingerprint density at radius 3 is 2.07 bits per heavy atom. The maximum atomic E-state index is 13.4. The van der Waals surface area contributed by atoms with Gasteiger partial charge in [0.25, 0.3) is 5.91 Å². The van der Waals surface area contributed by atoms with Crippen LogP contribution in [0.1, 0.15) is 32.6 Å². The quantitative estimate of drug-likeness (QED) is 0.711. The van der Waals surface area contributed by atoms with E-state index < -0.39 is 10.0 Å². The molecule has 1 heterocycles. The summed E-state index contributed by atoms with van der Waals surface area (Å²) < 4.78 is 33.6. The predicted molar refractivity (Wildman–Crippen MR) is 118 cm³/mol. The summed E-state index contributed by atoms with van der Waals surface area (Å²) in [5.41, 5.74) is 3.85. The Morgan fingerprint density at radius 2 is 1.53 bits per heavy atom. The number of carbonyl (C=O) groups excluding carboxylic acids is 1. The van der Waals surface area contributed by atoms with Gasteiger partial charge >= 0.3 is 0 Å². The van der Waals surface area contributed by atoms with Crippen LogP contribution in [-0.2, 0) is 10.0 Å². The van der Waals surface area contributed by atoms with Gasteiger partial charge in [0, 0.05) is 31.2 Å². The topological polar surface area (TPSA) is 66.9 Å². The van der Waals surface area contributed by atoms with E-state index in [-0.39, 0.29) is 19.0 Å². The van der Waals surface area contributed by atoms with E-state index in [9.17, 15) is 13.2 Å². The minimum absolute atomic E-state index is 0.217. The zero-order valence-corrected chi connectivity index (χ0v) is 19.5. The number of benzene rings is 2. The minimum atomic E-state index is -3.65. The molecule has 1 aliphatic heterocycles. The highest BCUT2D eigenvalue weighted by atomic mass is 35.5. The molecule has 0 aliphatic carbocycles. The molecule has 0 N–H and O–H groups in total. The first kappa shape index (κ1) is 22.6. The third kappa shape index (κ3) is 4.06. The van der Waals surface area contributed by atoms with Gasteiger partial charge in [-0.1, -0.05) is 17.7 Å². The molecule has 0 unspecified atom stereocenters. The van der Waals surface area contributed by atoms with Crippen LogP contribution in [0.25, 0.3) is 0 Å². The number of methoxy groups -OCH3 is 1. The molecule has 0 spiro atoms. The number of hydrogen-bond donors (Lipinski definition) is 0. The summed E-state index contributed by atoms with van der Waals surface area (Å²) in [6.45, 7) is 8.63. The van der Waals surface area contributed by atoms with Crippen molar-refractivity contribution >= 4 is 27.5 Å². The first-order valence-corrected chi connectivity index (χ1v) is 11.6. The molecular weight excluding hydrogens is 424 g/mol. The zero-order chi connectivity index (χ0) is 22.2. The number of piperazine rings is 1. The van der Waals surface area contributed by atoms with Crippen molar-refractivity contribution in [3.63, 3.8) is 0 Å². The number of nitrogens with zero attached hydrogens (tertiary/aromatic N) is 2. The molecule has 1 aliphatic rings. The number of rotatable bonds is 4. The molecule has 1 amide bonds. The van der Waals surface area contributed by atoms with Gasteiger partial charge in [0.05, 0.1) is 17.6 Å². The minimum Gasteiger partial charge on any atom is -0.496 e. The average molecular weight is 451 g/mol. The van der Waals surface area contributed by atoms with Crippen molar-refractivity contribution in [1.29, 1.82) is 0 Å². The molecule has 162 valence electrons. The second-order valence-electron chi connectivity index (χ2n) is 7.63. The van der Waals surface area contributed by atoms with E-state index in [1.165, 1.54) is 11.4 Å². The second-order valence-corrected chi connectivity index (χ2v) is 9.94. The van der Waals surface area contributed by atoms with Gasteiger partial charge in [-0.05, 0) is 68.1 Å². The summed E-state index contributed by atoms with van der Waals surface area (Å²) in [7, 11) is -2.15. The highest BCUT2D eigenvalue weighted by Gasteiger charge is 2.33. The van der Waals surface area contributed by atoms with Crippen LogP contribution in [-0.4, -0.2) is 56.8 Å². The lowest BCUT2D eigenvalue weighted by Gasteiger charge is -2.35. The molecule has 30 heavy (non-hydrogen) atoms. The average Bonchev–Trinajstić information content (AvgIpc) is 2.72. The van der Waals surface area contributed by atoms with E-state index in [0.717, 1.165) is 22.3 Å². The van der Waals surface area contributed by atoms with Gasteiger partial charge in [0.15, 0.2) is 0 Å². The summed E-state index contributed by atoms with van der Waals surface area (Å²) in [5.74, 6) is 0.228. The third-order valence-electron chi connectivity index (χ3n) is 5.81. The first-order valence-electron chi connectivity index (χ1n) is 9.78.